The molecule has 1 unspecified atom stereocenters. The maximum atomic E-state index is 5.17. The standard InChI is InChI=1S/C17H25N3O/c1-14(18-12-10-16-11-13-19-20(16)2)4-5-15-6-8-17(21-3)9-7-15/h6-9,11,13-14,18H,4-5,10,12H2,1-3H3. The van der Waals surface area contributed by atoms with Crippen molar-refractivity contribution in [2.45, 2.75) is 32.2 Å². The molecule has 0 radical (unpaired) electrons. The zero-order valence-corrected chi connectivity index (χ0v) is 13.2. The topological polar surface area (TPSA) is 39.1 Å². The minimum Gasteiger partial charge on any atom is -0.497 e. The van der Waals surface area contributed by atoms with Crippen molar-refractivity contribution >= 4 is 0 Å². The molecule has 0 aliphatic rings. The summed E-state index contributed by atoms with van der Waals surface area (Å²) >= 11 is 0. The summed E-state index contributed by atoms with van der Waals surface area (Å²) in [6.07, 6.45) is 5.09. The smallest absolute Gasteiger partial charge is 0.118 e. The second-order valence-corrected chi connectivity index (χ2v) is 5.44. The molecule has 0 amide bonds. The molecular weight excluding hydrogens is 262 g/mol. The number of nitrogens with zero attached hydrogens (tertiary/aromatic N) is 2. The molecule has 1 atom stereocenters. The summed E-state index contributed by atoms with van der Waals surface area (Å²) in [4.78, 5) is 0. The normalized spacial score (nSPS) is 12.3. The molecule has 4 nitrogen and oxygen atoms in total. The lowest BCUT2D eigenvalue weighted by Crippen LogP contribution is -2.28. The maximum absolute atomic E-state index is 5.17. The minimum atomic E-state index is 0.514. The lowest BCUT2D eigenvalue weighted by molar-refractivity contribution is 0.414. The zero-order chi connectivity index (χ0) is 15.1. The molecule has 0 saturated carbocycles. The fraction of sp³-hybridized carbons (Fsp3) is 0.471. The molecule has 2 rings (SSSR count). The van der Waals surface area contributed by atoms with Crippen molar-refractivity contribution in [3.8, 4) is 5.75 Å². The largest absolute Gasteiger partial charge is 0.497 e. The van der Waals surface area contributed by atoms with E-state index in [4.69, 9.17) is 4.74 Å². The first-order valence-electron chi connectivity index (χ1n) is 7.52. The summed E-state index contributed by atoms with van der Waals surface area (Å²) in [7, 11) is 3.69. The Labute approximate surface area is 127 Å². The van der Waals surface area contributed by atoms with Gasteiger partial charge < -0.3 is 10.1 Å². The number of hydrogen-bond donors (Lipinski definition) is 1. The van der Waals surface area contributed by atoms with Gasteiger partial charge in [-0.05, 0) is 43.5 Å². The Morgan fingerprint density at radius 3 is 2.57 bits per heavy atom. The monoisotopic (exact) mass is 287 g/mol. The zero-order valence-electron chi connectivity index (χ0n) is 13.2. The SMILES string of the molecule is COc1ccc(CCC(C)NCCc2ccnn2C)cc1. The van der Waals surface area contributed by atoms with Crippen LogP contribution in [0.25, 0.3) is 0 Å². The van der Waals surface area contributed by atoms with Gasteiger partial charge in [0.1, 0.15) is 5.75 Å². The summed E-state index contributed by atoms with van der Waals surface area (Å²) in [5.41, 5.74) is 2.63. The molecule has 1 aromatic carbocycles. The highest BCUT2D eigenvalue weighted by Crippen LogP contribution is 2.13. The molecule has 0 aliphatic carbocycles. The van der Waals surface area contributed by atoms with E-state index in [2.05, 4.69) is 35.5 Å². The van der Waals surface area contributed by atoms with E-state index in [0.29, 0.717) is 6.04 Å². The van der Waals surface area contributed by atoms with Crippen molar-refractivity contribution in [1.29, 1.82) is 0 Å². The number of ether oxygens (including phenoxy) is 1. The van der Waals surface area contributed by atoms with Gasteiger partial charge in [-0.25, -0.2) is 0 Å². The van der Waals surface area contributed by atoms with Crippen molar-refractivity contribution in [2.75, 3.05) is 13.7 Å². The highest BCUT2D eigenvalue weighted by molar-refractivity contribution is 5.27. The second kappa shape index (κ2) is 7.84. The predicted octanol–water partition coefficient (Wildman–Crippen LogP) is 2.58. The molecule has 114 valence electrons. The van der Waals surface area contributed by atoms with Crippen LogP contribution < -0.4 is 10.1 Å². The highest BCUT2D eigenvalue weighted by atomic mass is 16.5. The summed E-state index contributed by atoms with van der Waals surface area (Å²) < 4.78 is 7.11. The molecule has 0 saturated heterocycles. The van der Waals surface area contributed by atoms with E-state index in [1.807, 2.05) is 30.1 Å². The van der Waals surface area contributed by atoms with Gasteiger partial charge in [-0.1, -0.05) is 12.1 Å². The predicted molar refractivity (Wildman–Crippen MR) is 85.7 cm³/mol. The third-order valence-corrected chi connectivity index (χ3v) is 3.82. The number of nitrogens with one attached hydrogen (secondary N) is 1. The second-order valence-electron chi connectivity index (χ2n) is 5.44. The van der Waals surface area contributed by atoms with E-state index >= 15 is 0 Å². The van der Waals surface area contributed by atoms with Crippen LogP contribution in [0.3, 0.4) is 0 Å². The average molecular weight is 287 g/mol. The van der Waals surface area contributed by atoms with Gasteiger partial charge >= 0.3 is 0 Å². The average Bonchev–Trinajstić information content (AvgIpc) is 2.91. The molecule has 0 spiro atoms. The van der Waals surface area contributed by atoms with E-state index in [-0.39, 0.29) is 0 Å². The number of rotatable bonds is 8. The number of methoxy groups -OCH3 is 1. The molecule has 1 heterocycles. The van der Waals surface area contributed by atoms with Gasteiger partial charge in [0, 0.05) is 37.9 Å². The molecular formula is C17H25N3O. The third-order valence-electron chi connectivity index (χ3n) is 3.82. The number of benzene rings is 1. The van der Waals surface area contributed by atoms with Gasteiger partial charge in [-0.2, -0.15) is 5.10 Å². The first-order chi connectivity index (χ1) is 10.2. The first-order valence-corrected chi connectivity index (χ1v) is 7.52. The molecule has 1 N–H and O–H groups in total. The Morgan fingerprint density at radius 1 is 1.19 bits per heavy atom. The molecule has 0 fully saturated rings. The van der Waals surface area contributed by atoms with Gasteiger partial charge in [0.05, 0.1) is 7.11 Å². The van der Waals surface area contributed by atoms with Crippen molar-refractivity contribution in [1.82, 2.24) is 15.1 Å². The van der Waals surface area contributed by atoms with E-state index < -0.39 is 0 Å². The fourth-order valence-electron chi connectivity index (χ4n) is 2.37. The molecule has 21 heavy (non-hydrogen) atoms. The Morgan fingerprint density at radius 2 is 1.95 bits per heavy atom. The molecule has 0 aliphatic heterocycles. The van der Waals surface area contributed by atoms with Crippen LogP contribution >= 0.6 is 0 Å². The van der Waals surface area contributed by atoms with Crippen molar-refractivity contribution in [2.24, 2.45) is 7.05 Å². The van der Waals surface area contributed by atoms with Crippen LogP contribution in [0, 0.1) is 0 Å². The summed E-state index contributed by atoms with van der Waals surface area (Å²) in [5.74, 6) is 0.918. The summed E-state index contributed by atoms with van der Waals surface area (Å²) in [5, 5.41) is 7.76. The van der Waals surface area contributed by atoms with E-state index in [9.17, 15) is 0 Å². The lowest BCUT2D eigenvalue weighted by Gasteiger charge is -2.14. The fourth-order valence-corrected chi connectivity index (χ4v) is 2.37. The van der Waals surface area contributed by atoms with Crippen molar-refractivity contribution in [3.63, 3.8) is 0 Å². The van der Waals surface area contributed by atoms with Crippen LogP contribution in [0.15, 0.2) is 36.5 Å². The summed E-state index contributed by atoms with van der Waals surface area (Å²) in [6.45, 7) is 3.23. The van der Waals surface area contributed by atoms with E-state index in [0.717, 1.165) is 31.6 Å². The van der Waals surface area contributed by atoms with E-state index in [1.165, 1.54) is 11.3 Å². The lowest BCUT2D eigenvalue weighted by atomic mass is 10.1. The van der Waals surface area contributed by atoms with Crippen LogP contribution in [-0.4, -0.2) is 29.5 Å². The minimum absolute atomic E-state index is 0.514. The van der Waals surface area contributed by atoms with Crippen molar-refractivity contribution < 1.29 is 4.74 Å². The van der Waals surface area contributed by atoms with Gasteiger partial charge in [-0.3, -0.25) is 4.68 Å². The van der Waals surface area contributed by atoms with Crippen LogP contribution in [0.2, 0.25) is 0 Å². The Hall–Kier alpha value is -1.81. The van der Waals surface area contributed by atoms with Gasteiger partial charge in [0.2, 0.25) is 0 Å². The van der Waals surface area contributed by atoms with Gasteiger partial charge in [0.25, 0.3) is 0 Å². The van der Waals surface area contributed by atoms with Crippen molar-refractivity contribution in [3.05, 3.63) is 47.8 Å². The molecule has 2 aromatic rings. The van der Waals surface area contributed by atoms with Gasteiger partial charge in [0.15, 0.2) is 0 Å². The number of aryl methyl sites for hydroxylation is 2. The van der Waals surface area contributed by atoms with Crippen LogP contribution in [0.4, 0.5) is 0 Å². The molecule has 1 aromatic heterocycles. The van der Waals surface area contributed by atoms with Crippen LogP contribution in [-0.2, 0) is 19.9 Å². The number of aromatic nitrogens is 2. The Balaban J connectivity index is 1.67. The third kappa shape index (κ3) is 4.90. The molecule has 4 heteroatoms. The van der Waals surface area contributed by atoms with E-state index in [1.54, 1.807) is 7.11 Å². The summed E-state index contributed by atoms with van der Waals surface area (Å²) in [6, 6.07) is 10.9. The first kappa shape index (κ1) is 15.6. The Bertz CT molecular complexity index is 533. The highest BCUT2D eigenvalue weighted by Gasteiger charge is 2.04. The Kier molecular flexibility index (Phi) is 5.81. The van der Waals surface area contributed by atoms with Gasteiger partial charge in [-0.15, -0.1) is 0 Å². The van der Waals surface area contributed by atoms with Crippen LogP contribution in [0.5, 0.6) is 5.75 Å². The molecule has 0 bridgehead atoms. The number of hydrogen-bond acceptors (Lipinski definition) is 3. The van der Waals surface area contributed by atoms with Crippen LogP contribution in [0.1, 0.15) is 24.6 Å². The quantitative estimate of drug-likeness (QED) is 0.811. The maximum Gasteiger partial charge on any atom is 0.118 e.